The highest BCUT2D eigenvalue weighted by molar-refractivity contribution is 7.99. The molecule has 0 bridgehead atoms. The molecule has 0 spiro atoms. The van der Waals surface area contributed by atoms with Crippen LogP contribution >= 0.6 is 11.8 Å². The van der Waals surface area contributed by atoms with E-state index in [0.29, 0.717) is 25.6 Å². The zero-order valence-corrected chi connectivity index (χ0v) is 12.8. The summed E-state index contributed by atoms with van der Waals surface area (Å²) in [6.45, 7) is 4.63. The van der Waals surface area contributed by atoms with Gasteiger partial charge in [-0.1, -0.05) is 0 Å². The minimum atomic E-state index is -2.79. The number of nitrogens with two attached hydrogens (primary N) is 1. The molecule has 2 rings (SSSR count). The Morgan fingerprint density at radius 3 is 2.42 bits per heavy atom. The molecule has 0 amide bonds. The first-order chi connectivity index (χ1) is 9.07. The maximum Gasteiger partial charge on any atom is 0.191 e. The number of sulfone groups is 1. The van der Waals surface area contributed by atoms with Crippen LogP contribution in [0.25, 0.3) is 0 Å². The smallest absolute Gasteiger partial charge is 0.191 e. The quantitative estimate of drug-likeness (QED) is 0.537. The molecular formula is C11H22N4O2S2. The lowest BCUT2D eigenvalue weighted by molar-refractivity contribution is 0.303. The Kier molecular flexibility index (Phi) is 5.35. The van der Waals surface area contributed by atoms with Gasteiger partial charge in [0.2, 0.25) is 0 Å². The molecule has 2 aliphatic heterocycles. The van der Waals surface area contributed by atoms with Crippen LogP contribution in [-0.2, 0) is 9.84 Å². The minimum Gasteiger partial charge on any atom is -0.370 e. The van der Waals surface area contributed by atoms with E-state index in [9.17, 15) is 8.42 Å². The molecule has 2 N–H and O–H groups in total. The molecule has 2 saturated heterocycles. The molecule has 2 fully saturated rings. The molecule has 0 atom stereocenters. The average molecular weight is 306 g/mol. The van der Waals surface area contributed by atoms with Crippen molar-refractivity contribution in [1.82, 2.24) is 9.80 Å². The Labute approximate surface area is 119 Å². The Bertz CT molecular complexity index is 404. The maximum atomic E-state index is 11.3. The van der Waals surface area contributed by atoms with E-state index >= 15 is 0 Å². The van der Waals surface area contributed by atoms with Crippen molar-refractivity contribution in [3.63, 3.8) is 0 Å². The van der Waals surface area contributed by atoms with Crippen LogP contribution in [0, 0.1) is 0 Å². The van der Waals surface area contributed by atoms with Crippen molar-refractivity contribution in [3.8, 4) is 0 Å². The van der Waals surface area contributed by atoms with Gasteiger partial charge in [0.25, 0.3) is 0 Å². The molecule has 0 aliphatic carbocycles. The number of thioether (sulfide) groups is 1. The van der Waals surface area contributed by atoms with E-state index in [1.807, 2.05) is 11.8 Å². The summed E-state index contributed by atoms with van der Waals surface area (Å²) in [5.74, 6) is 3.40. The second kappa shape index (κ2) is 6.81. The fraction of sp³-hybridized carbons (Fsp3) is 0.909. The van der Waals surface area contributed by atoms with Gasteiger partial charge in [-0.15, -0.1) is 0 Å². The average Bonchev–Trinajstić information content (AvgIpc) is 2.41. The van der Waals surface area contributed by atoms with E-state index in [-0.39, 0.29) is 11.5 Å². The Morgan fingerprint density at radius 2 is 1.79 bits per heavy atom. The minimum absolute atomic E-state index is 0.273. The lowest BCUT2D eigenvalue weighted by Crippen LogP contribution is -2.44. The van der Waals surface area contributed by atoms with Crippen LogP contribution in [0.5, 0.6) is 0 Å². The summed E-state index contributed by atoms with van der Waals surface area (Å²) in [5, 5.41) is 0. The molecule has 0 aromatic carbocycles. The van der Waals surface area contributed by atoms with Gasteiger partial charge in [-0.2, -0.15) is 11.8 Å². The predicted octanol–water partition coefficient (Wildman–Crippen LogP) is -0.920. The first-order valence-electron chi connectivity index (χ1n) is 6.62. The number of nitrogens with zero attached hydrogens (tertiary/aromatic N) is 3. The van der Waals surface area contributed by atoms with Gasteiger partial charge in [-0.05, 0) is 0 Å². The van der Waals surface area contributed by atoms with Crippen LogP contribution in [0.1, 0.15) is 0 Å². The van der Waals surface area contributed by atoms with Crippen LogP contribution in [0.3, 0.4) is 0 Å². The molecule has 2 heterocycles. The Morgan fingerprint density at radius 1 is 1.16 bits per heavy atom. The number of rotatable bonds is 3. The number of hydrogen-bond acceptors (Lipinski definition) is 5. The van der Waals surface area contributed by atoms with Crippen molar-refractivity contribution in [3.05, 3.63) is 0 Å². The van der Waals surface area contributed by atoms with Crippen LogP contribution in [-0.4, -0.2) is 86.5 Å². The molecule has 110 valence electrons. The zero-order chi connectivity index (χ0) is 13.7. The molecule has 6 nitrogen and oxygen atoms in total. The lowest BCUT2D eigenvalue weighted by Gasteiger charge is -2.28. The van der Waals surface area contributed by atoms with Crippen LogP contribution < -0.4 is 5.73 Å². The van der Waals surface area contributed by atoms with E-state index in [1.165, 1.54) is 0 Å². The molecular weight excluding hydrogens is 284 g/mol. The van der Waals surface area contributed by atoms with E-state index < -0.39 is 9.84 Å². The van der Waals surface area contributed by atoms with Crippen molar-refractivity contribution in [2.24, 2.45) is 10.7 Å². The van der Waals surface area contributed by atoms with Gasteiger partial charge in [0.15, 0.2) is 15.8 Å². The number of guanidine groups is 1. The third-order valence-corrected chi connectivity index (χ3v) is 6.01. The van der Waals surface area contributed by atoms with E-state index in [2.05, 4.69) is 14.8 Å². The largest absolute Gasteiger partial charge is 0.370 e. The predicted molar refractivity (Wildman–Crippen MR) is 80.5 cm³/mol. The summed E-state index contributed by atoms with van der Waals surface area (Å²) in [5.41, 5.74) is 5.96. The first-order valence-corrected chi connectivity index (χ1v) is 9.60. The second-order valence-corrected chi connectivity index (χ2v) is 8.36. The Balaban J connectivity index is 1.70. The van der Waals surface area contributed by atoms with E-state index in [4.69, 9.17) is 5.73 Å². The molecule has 8 heteroatoms. The molecule has 2 aliphatic rings. The van der Waals surface area contributed by atoms with E-state index in [1.54, 1.807) is 0 Å². The summed E-state index contributed by atoms with van der Waals surface area (Å²) in [4.78, 5) is 8.66. The van der Waals surface area contributed by atoms with Crippen LogP contribution in [0.15, 0.2) is 4.99 Å². The third kappa shape index (κ3) is 4.85. The van der Waals surface area contributed by atoms with Crippen LogP contribution in [0.4, 0.5) is 0 Å². The summed E-state index contributed by atoms with van der Waals surface area (Å²) in [6, 6.07) is 0. The van der Waals surface area contributed by atoms with Gasteiger partial charge in [0, 0.05) is 44.2 Å². The summed E-state index contributed by atoms with van der Waals surface area (Å²) in [6.07, 6.45) is 0. The molecule has 0 unspecified atom stereocenters. The van der Waals surface area contributed by atoms with Crippen molar-refractivity contribution < 1.29 is 8.42 Å². The molecule has 19 heavy (non-hydrogen) atoms. The summed E-state index contributed by atoms with van der Waals surface area (Å²) in [7, 11) is -2.79. The van der Waals surface area contributed by atoms with Gasteiger partial charge in [0.05, 0.1) is 18.1 Å². The van der Waals surface area contributed by atoms with E-state index in [0.717, 1.165) is 31.1 Å². The van der Waals surface area contributed by atoms with Gasteiger partial charge in [0.1, 0.15) is 0 Å². The highest BCUT2D eigenvalue weighted by Crippen LogP contribution is 2.08. The fourth-order valence-electron chi connectivity index (χ4n) is 2.17. The SMILES string of the molecule is NC(=NCCN1CCS(=O)(=O)CC1)N1CCSCC1. The highest BCUT2D eigenvalue weighted by Gasteiger charge is 2.21. The third-order valence-electron chi connectivity index (χ3n) is 3.46. The topological polar surface area (TPSA) is 79.0 Å². The zero-order valence-electron chi connectivity index (χ0n) is 11.1. The van der Waals surface area contributed by atoms with Crippen molar-refractivity contribution >= 4 is 27.6 Å². The summed E-state index contributed by atoms with van der Waals surface area (Å²) >= 11 is 1.95. The fourth-order valence-corrected chi connectivity index (χ4v) is 4.35. The number of aliphatic imine (C=N–C) groups is 1. The van der Waals surface area contributed by atoms with Crippen molar-refractivity contribution in [2.45, 2.75) is 0 Å². The monoisotopic (exact) mass is 306 g/mol. The van der Waals surface area contributed by atoms with Gasteiger partial charge in [-0.25, -0.2) is 8.42 Å². The van der Waals surface area contributed by atoms with Crippen LogP contribution in [0.2, 0.25) is 0 Å². The molecule has 0 aromatic rings. The van der Waals surface area contributed by atoms with Gasteiger partial charge in [-0.3, -0.25) is 9.89 Å². The molecule has 0 radical (unpaired) electrons. The summed E-state index contributed by atoms with van der Waals surface area (Å²) < 4.78 is 22.6. The maximum absolute atomic E-state index is 11.3. The second-order valence-electron chi connectivity index (χ2n) is 4.83. The molecule has 0 saturated carbocycles. The lowest BCUT2D eigenvalue weighted by atomic mass is 10.4. The molecule has 0 aromatic heterocycles. The van der Waals surface area contributed by atoms with Crippen molar-refractivity contribution in [1.29, 1.82) is 0 Å². The van der Waals surface area contributed by atoms with Gasteiger partial charge < -0.3 is 10.6 Å². The standard InChI is InChI=1S/C11H22N4O2S2/c12-11(15-3-7-18-8-4-15)13-1-2-14-5-9-19(16,17)10-6-14/h1-10H2,(H2,12,13). The first kappa shape index (κ1) is 14.9. The normalized spacial score (nSPS) is 25.5. The highest BCUT2D eigenvalue weighted by atomic mass is 32.2. The van der Waals surface area contributed by atoms with Gasteiger partial charge >= 0.3 is 0 Å². The Hall–Kier alpha value is -0.470. The van der Waals surface area contributed by atoms with Crippen molar-refractivity contribution in [2.75, 3.05) is 62.3 Å². The number of hydrogen-bond donors (Lipinski definition) is 1.